The molecule has 2 amide bonds. The largest absolute Gasteiger partial charge is 0.349 e. The summed E-state index contributed by atoms with van der Waals surface area (Å²) in [5.74, 6) is -0.746. The number of hydrogen-bond acceptors (Lipinski definition) is 4. The molecule has 0 aliphatic heterocycles. The number of benzene rings is 1. The van der Waals surface area contributed by atoms with Crippen LogP contribution in [-0.4, -0.2) is 23.3 Å². The Morgan fingerprint density at radius 1 is 1.22 bits per heavy atom. The van der Waals surface area contributed by atoms with Gasteiger partial charge in [0, 0.05) is 24.6 Å². The van der Waals surface area contributed by atoms with Crippen molar-refractivity contribution >= 4 is 17.5 Å². The molecule has 1 aromatic heterocycles. The van der Waals surface area contributed by atoms with E-state index < -0.39 is 5.91 Å². The van der Waals surface area contributed by atoms with Gasteiger partial charge in [0.2, 0.25) is 0 Å². The minimum Gasteiger partial charge on any atom is -0.349 e. The lowest BCUT2D eigenvalue weighted by Gasteiger charge is -2.07. The Balaban J connectivity index is 2.14. The lowest BCUT2D eigenvalue weighted by atomic mass is 10.1. The first-order valence-electron chi connectivity index (χ1n) is 6.79. The van der Waals surface area contributed by atoms with E-state index in [4.69, 9.17) is 5.26 Å². The number of carbonyl (C=O) groups excluding carboxylic acids is 2. The summed E-state index contributed by atoms with van der Waals surface area (Å²) >= 11 is 0. The zero-order valence-corrected chi connectivity index (χ0v) is 12.2. The second-order valence-corrected chi connectivity index (χ2v) is 4.61. The van der Waals surface area contributed by atoms with E-state index >= 15 is 0 Å². The molecule has 114 valence electrons. The van der Waals surface area contributed by atoms with E-state index in [2.05, 4.69) is 22.2 Å². The second-order valence-electron chi connectivity index (χ2n) is 4.61. The van der Waals surface area contributed by atoms with Crippen LogP contribution in [0.2, 0.25) is 0 Å². The van der Waals surface area contributed by atoms with Crippen LogP contribution < -0.4 is 10.6 Å². The summed E-state index contributed by atoms with van der Waals surface area (Å²) in [4.78, 5) is 28.0. The first kappa shape index (κ1) is 15.9. The molecule has 6 heteroatoms. The van der Waals surface area contributed by atoms with Crippen molar-refractivity contribution in [2.45, 2.75) is 0 Å². The summed E-state index contributed by atoms with van der Waals surface area (Å²) in [7, 11) is 0. The van der Waals surface area contributed by atoms with Crippen molar-refractivity contribution in [2.75, 3.05) is 11.9 Å². The van der Waals surface area contributed by atoms with Crippen LogP contribution in [0.5, 0.6) is 0 Å². The molecule has 0 aliphatic carbocycles. The van der Waals surface area contributed by atoms with Crippen molar-refractivity contribution in [3.05, 3.63) is 72.1 Å². The number of carbonyl (C=O) groups is 2. The molecular weight excluding hydrogens is 292 g/mol. The summed E-state index contributed by atoms with van der Waals surface area (Å²) in [6, 6.07) is 10.0. The maximum atomic E-state index is 12.2. The molecular formula is C17H14N4O2. The lowest BCUT2D eigenvalue weighted by Crippen LogP contribution is -2.24. The third-order valence-corrected chi connectivity index (χ3v) is 2.92. The zero-order valence-electron chi connectivity index (χ0n) is 12.2. The third-order valence-electron chi connectivity index (χ3n) is 2.92. The van der Waals surface area contributed by atoms with Gasteiger partial charge in [0.15, 0.2) is 0 Å². The van der Waals surface area contributed by atoms with E-state index in [0.29, 0.717) is 17.8 Å². The van der Waals surface area contributed by atoms with Crippen LogP contribution in [0.3, 0.4) is 0 Å². The fraction of sp³-hybridized carbons (Fsp3) is 0.0588. The fourth-order valence-electron chi connectivity index (χ4n) is 1.82. The second kappa shape index (κ2) is 7.52. The van der Waals surface area contributed by atoms with Gasteiger partial charge in [0.1, 0.15) is 0 Å². The maximum Gasteiger partial charge on any atom is 0.257 e. The summed E-state index contributed by atoms with van der Waals surface area (Å²) in [5.41, 5.74) is 1.47. The quantitative estimate of drug-likeness (QED) is 0.827. The Bertz CT molecular complexity index is 793. The molecule has 1 heterocycles. The highest BCUT2D eigenvalue weighted by Crippen LogP contribution is 2.12. The van der Waals surface area contributed by atoms with Gasteiger partial charge in [-0.25, -0.2) is 0 Å². The highest BCUT2D eigenvalue weighted by molar-refractivity contribution is 6.05. The summed E-state index contributed by atoms with van der Waals surface area (Å²) in [6.07, 6.45) is 4.31. The van der Waals surface area contributed by atoms with E-state index in [1.165, 1.54) is 18.5 Å². The molecule has 0 saturated carbocycles. The van der Waals surface area contributed by atoms with Gasteiger partial charge >= 0.3 is 0 Å². The number of nitriles is 1. The highest BCUT2D eigenvalue weighted by atomic mass is 16.2. The van der Waals surface area contributed by atoms with Crippen LogP contribution in [0.1, 0.15) is 26.3 Å². The Kier molecular flexibility index (Phi) is 5.21. The molecule has 0 saturated heterocycles. The standard InChI is InChI=1S/C17H14N4O2/c1-2-6-20-16(22)13-8-14(11-19-10-13)17(23)21-15-5-3-4-12(7-15)9-18/h2-5,7-8,10-11H,1,6H2,(H,20,22)(H,21,23). The number of nitrogens with zero attached hydrogens (tertiary/aromatic N) is 2. The molecule has 0 atom stereocenters. The van der Waals surface area contributed by atoms with Gasteiger partial charge in [-0.05, 0) is 24.3 Å². The predicted octanol–water partition coefficient (Wildman–Crippen LogP) is 2.12. The predicted molar refractivity (Wildman–Crippen MR) is 85.9 cm³/mol. The zero-order chi connectivity index (χ0) is 16.7. The van der Waals surface area contributed by atoms with Gasteiger partial charge in [-0.3, -0.25) is 14.6 Å². The number of nitrogens with one attached hydrogen (secondary N) is 2. The minimum atomic E-state index is -0.411. The lowest BCUT2D eigenvalue weighted by molar-refractivity contribution is 0.0957. The van der Waals surface area contributed by atoms with Crippen LogP contribution in [0.25, 0.3) is 0 Å². The van der Waals surface area contributed by atoms with E-state index in [1.807, 2.05) is 6.07 Å². The molecule has 1 aromatic carbocycles. The molecule has 2 N–H and O–H groups in total. The van der Waals surface area contributed by atoms with Crippen LogP contribution in [-0.2, 0) is 0 Å². The number of aromatic nitrogens is 1. The van der Waals surface area contributed by atoms with Gasteiger partial charge in [0.25, 0.3) is 11.8 Å². The maximum absolute atomic E-state index is 12.2. The van der Waals surface area contributed by atoms with Gasteiger partial charge < -0.3 is 10.6 Å². The molecule has 0 aliphatic rings. The molecule has 23 heavy (non-hydrogen) atoms. The molecule has 0 bridgehead atoms. The van der Waals surface area contributed by atoms with Crippen molar-refractivity contribution in [3.8, 4) is 6.07 Å². The SMILES string of the molecule is C=CCNC(=O)c1cncc(C(=O)Nc2cccc(C#N)c2)c1. The smallest absolute Gasteiger partial charge is 0.257 e. The summed E-state index contributed by atoms with van der Waals surface area (Å²) in [5, 5.41) is 14.1. The van der Waals surface area contributed by atoms with Crippen molar-refractivity contribution in [1.29, 1.82) is 5.26 Å². The fourth-order valence-corrected chi connectivity index (χ4v) is 1.82. The van der Waals surface area contributed by atoms with Crippen LogP contribution in [0.15, 0.2) is 55.4 Å². The van der Waals surface area contributed by atoms with Crippen LogP contribution in [0, 0.1) is 11.3 Å². The molecule has 0 radical (unpaired) electrons. The highest BCUT2D eigenvalue weighted by Gasteiger charge is 2.11. The Hall–Kier alpha value is -3.46. The van der Waals surface area contributed by atoms with Crippen molar-refractivity contribution in [2.24, 2.45) is 0 Å². The van der Waals surface area contributed by atoms with E-state index in [1.54, 1.807) is 30.3 Å². The van der Waals surface area contributed by atoms with Crippen molar-refractivity contribution in [1.82, 2.24) is 10.3 Å². The van der Waals surface area contributed by atoms with Gasteiger partial charge in [0.05, 0.1) is 22.8 Å². The van der Waals surface area contributed by atoms with Crippen molar-refractivity contribution < 1.29 is 9.59 Å². The number of pyridine rings is 1. The Morgan fingerprint density at radius 3 is 2.65 bits per heavy atom. The monoisotopic (exact) mass is 306 g/mol. The topological polar surface area (TPSA) is 94.9 Å². The van der Waals surface area contributed by atoms with Crippen LogP contribution >= 0.6 is 0 Å². The summed E-state index contributed by atoms with van der Waals surface area (Å²) < 4.78 is 0. The summed E-state index contributed by atoms with van der Waals surface area (Å²) in [6.45, 7) is 3.85. The van der Waals surface area contributed by atoms with Crippen LogP contribution in [0.4, 0.5) is 5.69 Å². The van der Waals surface area contributed by atoms with E-state index in [0.717, 1.165) is 0 Å². The number of amides is 2. The first-order valence-corrected chi connectivity index (χ1v) is 6.79. The number of rotatable bonds is 5. The molecule has 0 fully saturated rings. The molecule has 0 unspecified atom stereocenters. The first-order chi connectivity index (χ1) is 11.1. The number of anilines is 1. The van der Waals surface area contributed by atoms with Crippen molar-refractivity contribution in [3.63, 3.8) is 0 Å². The van der Waals surface area contributed by atoms with E-state index in [-0.39, 0.29) is 17.0 Å². The third kappa shape index (κ3) is 4.25. The molecule has 2 aromatic rings. The minimum absolute atomic E-state index is 0.249. The van der Waals surface area contributed by atoms with Gasteiger partial charge in [-0.2, -0.15) is 5.26 Å². The van der Waals surface area contributed by atoms with Gasteiger partial charge in [-0.15, -0.1) is 6.58 Å². The average molecular weight is 306 g/mol. The Labute approximate surface area is 133 Å². The Morgan fingerprint density at radius 2 is 1.96 bits per heavy atom. The molecule has 2 rings (SSSR count). The normalized spacial score (nSPS) is 9.52. The number of hydrogen-bond donors (Lipinski definition) is 2. The van der Waals surface area contributed by atoms with Gasteiger partial charge in [-0.1, -0.05) is 12.1 Å². The average Bonchev–Trinajstić information content (AvgIpc) is 2.59. The molecule has 0 spiro atoms. The molecule has 6 nitrogen and oxygen atoms in total. The van der Waals surface area contributed by atoms with E-state index in [9.17, 15) is 9.59 Å².